The summed E-state index contributed by atoms with van der Waals surface area (Å²) in [5.41, 5.74) is 3.44. The molecule has 0 atom stereocenters. The molecule has 126 valence electrons. The zero-order valence-electron chi connectivity index (χ0n) is 14.2. The van der Waals surface area contributed by atoms with E-state index in [4.69, 9.17) is 9.47 Å². The first-order valence-electron chi connectivity index (χ1n) is 8.08. The summed E-state index contributed by atoms with van der Waals surface area (Å²) in [7, 11) is 3.21. The average molecular weight is 334 g/mol. The number of pyridine rings is 1. The molecule has 0 spiro atoms. The summed E-state index contributed by atoms with van der Waals surface area (Å²) in [5.74, 6) is 1.35. The second-order valence-electron chi connectivity index (χ2n) is 6.03. The standard InChI is InChI=1S/C20H18N2O3/c1-24-18-8-7-13(9-19(18)25-2)11-22-12-17-15(20(22)23)10-14-5-3-4-6-16(14)21-17/h3-10H,11-12H2,1-2H3. The fraction of sp³-hybridized carbons (Fsp3) is 0.200. The van der Waals surface area contributed by atoms with E-state index >= 15 is 0 Å². The second kappa shape index (κ2) is 6.09. The second-order valence-corrected chi connectivity index (χ2v) is 6.03. The molecule has 0 bridgehead atoms. The largest absolute Gasteiger partial charge is 0.493 e. The Hall–Kier alpha value is -3.08. The highest BCUT2D eigenvalue weighted by atomic mass is 16.5. The van der Waals surface area contributed by atoms with Gasteiger partial charge in [-0.2, -0.15) is 0 Å². The summed E-state index contributed by atoms with van der Waals surface area (Å²) in [6.07, 6.45) is 0. The summed E-state index contributed by atoms with van der Waals surface area (Å²) in [6, 6.07) is 15.5. The van der Waals surface area contributed by atoms with E-state index in [0.717, 1.165) is 22.2 Å². The van der Waals surface area contributed by atoms with E-state index in [1.54, 1.807) is 19.1 Å². The third kappa shape index (κ3) is 2.67. The molecule has 1 amide bonds. The predicted molar refractivity (Wildman–Crippen MR) is 94.9 cm³/mol. The van der Waals surface area contributed by atoms with Crippen molar-refractivity contribution >= 4 is 16.8 Å². The van der Waals surface area contributed by atoms with Gasteiger partial charge in [0.2, 0.25) is 0 Å². The van der Waals surface area contributed by atoms with Crippen LogP contribution >= 0.6 is 0 Å². The first kappa shape index (κ1) is 15.4. The predicted octanol–water partition coefficient (Wildman–Crippen LogP) is 3.41. The normalized spacial score (nSPS) is 13.2. The van der Waals surface area contributed by atoms with Crippen molar-refractivity contribution in [3.05, 3.63) is 65.4 Å². The number of ether oxygens (including phenoxy) is 2. The molecule has 4 rings (SSSR count). The Labute approximate surface area is 145 Å². The van der Waals surface area contributed by atoms with E-state index in [-0.39, 0.29) is 5.91 Å². The number of hydrogen-bond donors (Lipinski definition) is 0. The van der Waals surface area contributed by atoms with Crippen LogP contribution in [-0.4, -0.2) is 30.0 Å². The summed E-state index contributed by atoms with van der Waals surface area (Å²) in [5, 5.41) is 0.988. The summed E-state index contributed by atoms with van der Waals surface area (Å²) >= 11 is 0. The summed E-state index contributed by atoms with van der Waals surface area (Å²) < 4.78 is 10.6. The fourth-order valence-electron chi connectivity index (χ4n) is 3.21. The first-order chi connectivity index (χ1) is 12.2. The number of fused-ring (bicyclic) bond motifs is 2. The van der Waals surface area contributed by atoms with E-state index in [2.05, 4.69) is 4.98 Å². The number of para-hydroxylation sites is 1. The van der Waals surface area contributed by atoms with Crippen LogP contribution in [0.3, 0.4) is 0 Å². The van der Waals surface area contributed by atoms with Crippen molar-refractivity contribution in [2.45, 2.75) is 13.1 Å². The molecule has 3 aromatic rings. The van der Waals surface area contributed by atoms with Crippen molar-refractivity contribution in [3.63, 3.8) is 0 Å². The molecular formula is C20H18N2O3. The smallest absolute Gasteiger partial charge is 0.256 e. The molecule has 2 aromatic carbocycles. The molecule has 25 heavy (non-hydrogen) atoms. The SMILES string of the molecule is COc1ccc(CN2Cc3nc4ccccc4cc3C2=O)cc1OC. The van der Waals surface area contributed by atoms with Crippen LogP contribution in [0.4, 0.5) is 0 Å². The number of benzene rings is 2. The quantitative estimate of drug-likeness (QED) is 0.734. The fourth-order valence-corrected chi connectivity index (χ4v) is 3.21. The molecular weight excluding hydrogens is 316 g/mol. The maximum atomic E-state index is 12.8. The third-order valence-electron chi connectivity index (χ3n) is 4.48. The van der Waals surface area contributed by atoms with Crippen LogP contribution in [0.1, 0.15) is 21.6 Å². The molecule has 0 aliphatic carbocycles. The Morgan fingerprint density at radius 2 is 1.84 bits per heavy atom. The third-order valence-corrected chi connectivity index (χ3v) is 4.48. The van der Waals surface area contributed by atoms with E-state index in [1.165, 1.54) is 0 Å². The Balaban J connectivity index is 1.62. The van der Waals surface area contributed by atoms with Crippen LogP contribution in [0, 0.1) is 0 Å². The van der Waals surface area contributed by atoms with Gasteiger partial charge >= 0.3 is 0 Å². The summed E-state index contributed by atoms with van der Waals surface area (Å²) in [4.78, 5) is 19.2. The highest BCUT2D eigenvalue weighted by Crippen LogP contribution is 2.30. The van der Waals surface area contributed by atoms with Gasteiger partial charge in [0.1, 0.15) is 0 Å². The first-order valence-corrected chi connectivity index (χ1v) is 8.08. The van der Waals surface area contributed by atoms with Crippen molar-refractivity contribution in [1.82, 2.24) is 9.88 Å². The molecule has 5 nitrogen and oxygen atoms in total. The van der Waals surface area contributed by atoms with E-state index < -0.39 is 0 Å². The van der Waals surface area contributed by atoms with Crippen LogP contribution in [-0.2, 0) is 13.1 Å². The lowest BCUT2D eigenvalue weighted by Crippen LogP contribution is -2.23. The number of carbonyl (C=O) groups excluding carboxylic acids is 1. The molecule has 1 aliphatic rings. The van der Waals surface area contributed by atoms with Gasteiger partial charge in [-0.15, -0.1) is 0 Å². The molecule has 0 saturated heterocycles. The van der Waals surface area contributed by atoms with Crippen molar-refractivity contribution < 1.29 is 14.3 Å². The number of rotatable bonds is 4. The van der Waals surface area contributed by atoms with Crippen molar-refractivity contribution in [2.75, 3.05) is 14.2 Å². The van der Waals surface area contributed by atoms with Crippen LogP contribution in [0.25, 0.3) is 10.9 Å². The minimum absolute atomic E-state index is 0.0167. The maximum Gasteiger partial charge on any atom is 0.256 e. The van der Waals surface area contributed by atoms with Gasteiger partial charge in [0.15, 0.2) is 11.5 Å². The highest BCUT2D eigenvalue weighted by Gasteiger charge is 2.29. The lowest BCUT2D eigenvalue weighted by atomic mass is 10.1. The summed E-state index contributed by atoms with van der Waals surface area (Å²) in [6.45, 7) is 1.03. The molecule has 0 N–H and O–H groups in total. The number of carbonyl (C=O) groups is 1. The van der Waals surface area contributed by atoms with Gasteiger partial charge in [0.05, 0.1) is 37.5 Å². The topological polar surface area (TPSA) is 51.7 Å². The molecule has 0 unspecified atom stereocenters. The number of hydrogen-bond acceptors (Lipinski definition) is 4. The average Bonchev–Trinajstić information content (AvgIpc) is 2.94. The Bertz CT molecular complexity index is 968. The molecule has 2 heterocycles. The minimum Gasteiger partial charge on any atom is -0.493 e. The van der Waals surface area contributed by atoms with Gasteiger partial charge in [-0.3, -0.25) is 9.78 Å². The van der Waals surface area contributed by atoms with Gasteiger partial charge in [-0.25, -0.2) is 0 Å². The lowest BCUT2D eigenvalue weighted by Gasteiger charge is -2.16. The number of amides is 1. The highest BCUT2D eigenvalue weighted by molar-refractivity contribution is 6.00. The van der Waals surface area contributed by atoms with Gasteiger partial charge in [-0.1, -0.05) is 24.3 Å². The van der Waals surface area contributed by atoms with Crippen molar-refractivity contribution in [2.24, 2.45) is 0 Å². The molecule has 1 aromatic heterocycles. The van der Waals surface area contributed by atoms with Crippen molar-refractivity contribution in [3.8, 4) is 11.5 Å². The van der Waals surface area contributed by atoms with Crippen LogP contribution in [0.15, 0.2) is 48.5 Å². The molecule has 0 radical (unpaired) electrons. The molecule has 1 aliphatic heterocycles. The lowest BCUT2D eigenvalue weighted by molar-refractivity contribution is 0.0766. The van der Waals surface area contributed by atoms with E-state index in [0.29, 0.717) is 30.2 Å². The minimum atomic E-state index is 0.0167. The number of aromatic nitrogens is 1. The Kier molecular flexibility index (Phi) is 3.76. The van der Waals surface area contributed by atoms with E-state index in [9.17, 15) is 4.79 Å². The number of nitrogens with zero attached hydrogens (tertiary/aromatic N) is 2. The van der Waals surface area contributed by atoms with Crippen molar-refractivity contribution in [1.29, 1.82) is 0 Å². The molecule has 5 heteroatoms. The zero-order chi connectivity index (χ0) is 17.4. The van der Waals surface area contributed by atoms with Gasteiger partial charge in [0, 0.05) is 11.9 Å². The number of methoxy groups -OCH3 is 2. The zero-order valence-corrected chi connectivity index (χ0v) is 14.2. The van der Waals surface area contributed by atoms with Crippen LogP contribution in [0.5, 0.6) is 11.5 Å². The van der Waals surface area contributed by atoms with Crippen LogP contribution < -0.4 is 9.47 Å². The molecule has 0 fully saturated rings. The Morgan fingerprint density at radius 3 is 2.64 bits per heavy atom. The molecule has 0 saturated carbocycles. The van der Waals surface area contributed by atoms with Crippen LogP contribution in [0.2, 0.25) is 0 Å². The monoisotopic (exact) mass is 334 g/mol. The van der Waals surface area contributed by atoms with Gasteiger partial charge in [-0.05, 0) is 29.8 Å². The van der Waals surface area contributed by atoms with E-state index in [1.807, 2.05) is 48.5 Å². The van der Waals surface area contributed by atoms with Gasteiger partial charge in [0.25, 0.3) is 5.91 Å². The maximum absolute atomic E-state index is 12.8. The van der Waals surface area contributed by atoms with Gasteiger partial charge < -0.3 is 14.4 Å². The Morgan fingerprint density at radius 1 is 1.04 bits per heavy atom.